The molecular formula is C11H11BrFN3O4S. The number of carbonyl (C=O) groups is 2. The first-order valence-corrected chi connectivity index (χ1v) is 8.09. The molecule has 1 aliphatic heterocycles. The zero-order valence-corrected chi connectivity index (χ0v) is 12.9. The number of benzene rings is 1. The van der Waals surface area contributed by atoms with Crippen LogP contribution in [0.15, 0.2) is 21.5 Å². The van der Waals surface area contributed by atoms with Gasteiger partial charge in [0.2, 0.25) is 21.8 Å². The molecule has 2 rings (SSSR count). The van der Waals surface area contributed by atoms with E-state index in [0.29, 0.717) is 0 Å². The maximum absolute atomic E-state index is 13.3. The van der Waals surface area contributed by atoms with Crippen molar-refractivity contribution in [2.24, 2.45) is 0 Å². The Labute approximate surface area is 128 Å². The van der Waals surface area contributed by atoms with Crippen LogP contribution in [0.3, 0.4) is 0 Å². The molecule has 1 atom stereocenters. The van der Waals surface area contributed by atoms with Crippen molar-refractivity contribution >= 4 is 43.5 Å². The number of sulfonamides is 1. The van der Waals surface area contributed by atoms with Gasteiger partial charge in [-0.25, -0.2) is 12.8 Å². The quantitative estimate of drug-likeness (QED) is 0.513. The lowest BCUT2D eigenvalue weighted by Gasteiger charge is -2.22. The van der Waals surface area contributed by atoms with Crippen LogP contribution in [0, 0.1) is 5.82 Å². The summed E-state index contributed by atoms with van der Waals surface area (Å²) in [6.07, 6.45) is 0.0771. The van der Waals surface area contributed by atoms with E-state index in [9.17, 15) is 22.4 Å². The number of nitrogen functional groups attached to an aromatic ring is 1. The highest BCUT2D eigenvalue weighted by atomic mass is 79.9. The highest BCUT2D eigenvalue weighted by Gasteiger charge is 2.31. The zero-order chi connectivity index (χ0) is 15.8. The molecule has 0 radical (unpaired) electrons. The Bertz CT molecular complexity index is 722. The van der Waals surface area contributed by atoms with Gasteiger partial charge in [-0.3, -0.25) is 14.9 Å². The largest absolute Gasteiger partial charge is 0.398 e. The van der Waals surface area contributed by atoms with Gasteiger partial charge in [0.25, 0.3) is 0 Å². The maximum Gasteiger partial charge on any atom is 0.244 e. The molecule has 1 aromatic carbocycles. The molecule has 0 bridgehead atoms. The first kappa shape index (κ1) is 15.9. The summed E-state index contributed by atoms with van der Waals surface area (Å²) < 4.78 is 39.8. The van der Waals surface area contributed by atoms with Gasteiger partial charge < -0.3 is 5.73 Å². The molecule has 2 amide bonds. The van der Waals surface area contributed by atoms with Gasteiger partial charge in [0.15, 0.2) is 0 Å². The van der Waals surface area contributed by atoms with Crippen molar-refractivity contribution in [3.05, 3.63) is 22.4 Å². The standard InChI is InChI=1S/C11H11BrFN3O4S/c12-5-3-9(7(14)4-6(5)13)21(19,20)16-8-1-2-10(17)15-11(8)18/h3-4,8,16H,1-2,14H2,(H,15,17,18). The Morgan fingerprint density at radius 1 is 1.38 bits per heavy atom. The Kier molecular flexibility index (Phi) is 4.30. The number of piperidine rings is 1. The Morgan fingerprint density at radius 2 is 2.05 bits per heavy atom. The Balaban J connectivity index is 2.29. The van der Waals surface area contributed by atoms with Crippen molar-refractivity contribution < 1.29 is 22.4 Å². The van der Waals surface area contributed by atoms with Crippen molar-refractivity contribution in [1.29, 1.82) is 0 Å². The highest BCUT2D eigenvalue weighted by molar-refractivity contribution is 9.10. The molecule has 0 aromatic heterocycles. The number of amides is 2. The van der Waals surface area contributed by atoms with Crippen LogP contribution in [0.1, 0.15) is 12.8 Å². The van der Waals surface area contributed by atoms with Crippen molar-refractivity contribution in [2.45, 2.75) is 23.8 Å². The number of hydrogen-bond acceptors (Lipinski definition) is 5. The van der Waals surface area contributed by atoms with E-state index in [1.165, 1.54) is 0 Å². The van der Waals surface area contributed by atoms with Crippen LogP contribution in [0.2, 0.25) is 0 Å². The Morgan fingerprint density at radius 3 is 2.67 bits per heavy atom. The summed E-state index contributed by atoms with van der Waals surface area (Å²) in [7, 11) is -4.12. The van der Waals surface area contributed by atoms with Crippen LogP contribution in [-0.2, 0) is 19.6 Å². The van der Waals surface area contributed by atoms with Gasteiger partial charge in [-0.15, -0.1) is 0 Å². The van der Waals surface area contributed by atoms with Gasteiger partial charge >= 0.3 is 0 Å². The van der Waals surface area contributed by atoms with Gasteiger partial charge in [0, 0.05) is 6.42 Å². The summed E-state index contributed by atoms with van der Waals surface area (Å²) in [5.41, 5.74) is 5.22. The minimum Gasteiger partial charge on any atom is -0.398 e. The second kappa shape index (κ2) is 5.70. The number of hydrogen-bond donors (Lipinski definition) is 3. The van der Waals surface area contributed by atoms with Crippen LogP contribution < -0.4 is 15.8 Å². The number of imide groups is 1. The molecule has 1 unspecified atom stereocenters. The highest BCUT2D eigenvalue weighted by Crippen LogP contribution is 2.26. The summed E-state index contributed by atoms with van der Waals surface area (Å²) in [4.78, 5) is 22.2. The molecule has 1 aliphatic rings. The third kappa shape index (κ3) is 3.39. The molecule has 0 aliphatic carbocycles. The number of nitrogens with two attached hydrogens (primary N) is 1. The Hall–Kier alpha value is -1.52. The second-order valence-corrected chi connectivity index (χ2v) is 6.97. The SMILES string of the molecule is Nc1cc(F)c(Br)cc1S(=O)(=O)NC1CCC(=O)NC1=O. The lowest BCUT2D eigenvalue weighted by molar-refractivity contribution is -0.134. The molecule has 1 aromatic rings. The molecule has 7 nitrogen and oxygen atoms in total. The van der Waals surface area contributed by atoms with Gasteiger partial charge in [-0.05, 0) is 34.5 Å². The summed E-state index contributed by atoms with van der Waals surface area (Å²) in [6, 6.07) is 0.804. The van der Waals surface area contributed by atoms with E-state index in [2.05, 4.69) is 20.7 Å². The average molecular weight is 380 g/mol. The second-order valence-electron chi connectivity index (χ2n) is 4.43. The number of anilines is 1. The summed E-state index contributed by atoms with van der Waals surface area (Å²) in [6.45, 7) is 0. The minimum absolute atomic E-state index is 0.0293. The molecule has 0 saturated carbocycles. The summed E-state index contributed by atoms with van der Waals surface area (Å²) >= 11 is 2.87. The van der Waals surface area contributed by atoms with Gasteiger partial charge in [0.05, 0.1) is 10.2 Å². The van der Waals surface area contributed by atoms with E-state index in [1.54, 1.807) is 0 Å². The fourth-order valence-electron chi connectivity index (χ4n) is 1.83. The van der Waals surface area contributed by atoms with E-state index < -0.39 is 33.7 Å². The molecule has 1 saturated heterocycles. The predicted octanol–water partition coefficient (Wildman–Crippen LogP) is 0.254. The lowest BCUT2D eigenvalue weighted by atomic mass is 10.1. The number of halogens is 2. The maximum atomic E-state index is 13.3. The average Bonchev–Trinajstić information content (AvgIpc) is 2.37. The van der Waals surface area contributed by atoms with Crippen LogP contribution in [0.4, 0.5) is 10.1 Å². The van der Waals surface area contributed by atoms with E-state index >= 15 is 0 Å². The smallest absolute Gasteiger partial charge is 0.244 e. The molecule has 4 N–H and O–H groups in total. The van der Waals surface area contributed by atoms with E-state index in [-0.39, 0.29) is 27.9 Å². The van der Waals surface area contributed by atoms with Crippen molar-refractivity contribution in [3.63, 3.8) is 0 Å². The third-order valence-corrected chi connectivity index (χ3v) is 5.01. The van der Waals surface area contributed by atoms with Crippen LogP contribution in [0.25, 0.3) is 0 Å². The lowest BCUT2D eigenvalue weighted by Crippen LogP contribution is -2.52. The fraction of sp³-hybridized carbons (Fsp3) is 0.273. The minimum atomic E-state index is -4.12. The molecule has 10 heteroatoms. The molecule has 21 heavy (non-hydrogen) atoms. The van der Waals surface area contributed by atoms with Crippen molar-refractivity contribution in [2.75, 3.05) is 5.73 Å². The first-order chi connectivity index (χ1) is 9.70. The molecular weight excluding hydrogens is 369 g/mol. The molecule has 114 valence electrons. The predicted molar refractivity (Wildman–Crippen MR) is 75.0 cm³/mol. The van der Waals surface area contributed by atoms with Crippen molar-refractivity contribution in [3.8, 4) is 0 Å². The van der Waals surface area contributed by atoms with E-state index in [4.69, 9.17) is 5.73 Å². The third-order valence-electron chi connectivity index (χ3n) is 2.88. The monoisotopic (exact) mass is 379 g/mol. The first-order valence-electron chi connectivity index (χ1n) is 5.81. The van der Waals surface area contributed by atoms with Crippen LogP contribution in [-0.4, -0.2) is 26.3 Å². The number of rotatable bonds is 3. The normalized spacial score (nSPS) is 19.4. The summed E-state index contributed by atoms with van der Waals surface area (Å²) in [5, 5.41) is 2.03. The molecule has 0 spiro atoms. The molecule has 1 fully saturated rings. The number of nitrogens with one attached hydrogen (secondary N) is 2. The van der Waals surface area contributed by atoms with Crippen LogP contribution in [0.5, 0.6) is 0 Å². The van der Waals surface area contributed by atoms with Crippen LogP contribution >= 0.6 is 15.9 Å². The van der Waals surface area contributed by atoms with Gasteiger partial charge in [-0.2, -0.15) is 4.72 Å². The summed E-state index contributed by atoms with van der Waals surface area (Å²) in [5.74, 6) is -1.89. The number of carbonyl (C=O) groups excluding carboxylic acids is 2. The van der Waals surface area contributed by atoms with Gasteiger partial charge in [0.1, 0.15) is 16.8 Å². The van der Waals surface area contributed by atoms with Crippen molar-refractivity contribution in [1.82, 2.24) is 10.0 Å². The van der Waals surface area contributed by atoms with E-state index in [0.717, 1.165) is 12.1 Å². The topological polar surface area (TPSA) is 118 Å². The molecule has 1 heterocycles. The zero-order valence-electron chi connectivity index (χ0n) is 10.5. The van der Waals surface area contributed by atoms with Gasteiger partial charge in [-0.1, -0.05) is 0 Å². The van der Waals surface area contributed by atoms with E-state index in [1.807, 2.05) is 5.32 Å². The fourth-order valence-corrected chi connectivity index (χ4v) is 3.70.